The molecule has 0 radical (unpaired) electrons. The van der Waals surface area contributed by atoms with Gasteiger partial charge in [-0.05, 0) is 6.08 Å². The van der Waals surface area contributed by atoms with Crippen LogP contribution < -0.4 is 11.3 Å². The highest BCUT2D eigenvalue weighted by atomic mass is 16.3. The van der Waals surface area contributed by atoms with Crippen LogP contribution >= 0.6 is 0 Å². The third-order valence-corrected chi connectivity index (χ3v) is 1.05. The second kappa shape index (κ2) is 4.29. The molecule has 0 fully saturated rings. The van der Waals surface area contributed by atoms with Gasteiger partial charge in [-0.15, -0.1) is 0 Å². The first-order valence-corrected chi connectivity index (χ1v) is 2.86. The van der Waals surface area contributed by atoms with Gasteiger partial charge in [0.15, 0.2) is 0 Å². The molecule has 0 aromatic carbocycles. The SMILES string of the molecule is C=C/C(O)=C(\C=C)C(=O)NN. The number of nitrogens with one attached hydrogen (secondary N) is 1. The van der Waals surface area contributed by atoms with E-state index in [-0.39, 0.29) is 11.3 Å². The van der Waals surface area contributed by atoms with Crippen LogP contribution in [0.1, 0.15) is 0 Å². The fourth-order valence-electron chi connectivity index (χ4n) is 0.501. The largest absolute Gasteiger partial charge is 0.507 e. The molecule has 0 aliphatic heterocycles. The summed E-state index contributed by atoms with van der Waals surface area (Å²) >= 11 is 0. The summed E-state index contributed by atoms with van der Waals surface area (Å²) in [4.78, 5) is 10.8. The van der Waals surface area contributed by atoms with Crippen molar-refractivity contribution in [2.75, 3.05) is 0 Å². The Morgan fingerprint density at radius 3 is 2.27 bits per heavy atom. The van der Waals surface area contributed by atoms with Crippen molar-refractivity contribution in [3.05, 3.63) is 36.6 Å². The molecular weight excluding hydrogens is 144 g/mol. The Kier molecular flexibility index (Phi) is 3.69. The van der Waals surface area contributed by atoms with E-state index in [0.29, 0.717) is 0 Å². The molecule has 0 unspecified atom stereocenters. The average molecular weight is 154 g/mol. The van der Waals surface area contributed by atoms with Gasteiger partial charge in [-0.2, -0.15) is 0 Å². The molecule has 0 spiro atoms. The van der Waals surface area contributed by atoms with Gasteiger partial charge in [0.1, 0.15) is 5.76 Å². The second-order valence-corrected chi connectivity index (χ2v) is 1.68. The van der Waals surface area contributed by atoms with Crippen LogP contribution in [0.4, 0.5) is 0 Å². The van der Waals surface area contributed by atoms with Crippen molar-refractivity contribution >= 4 is 5.91 Å². The average Bonchev–Trinajstić information content (AvgIpc) is 2.05. The van der Waals surface area contributed by atoms with Crippen molar-refractivity contribution in [3.8, 4) is 0 Å². The van der Waals surface area contributed by atoms with Gasteiger partial charge < -0.3 is 5.11 Å². The van der Waals surface area contributed by atoms with Crippen molar-refractivity contribution in [2.24, 2.45) is 5.84 Å². The Hall–Kier alpha value is -1.55. The van der Waals surface area contributed by atoms with Gasteiger partial charge >= 0.3 is 0 Å². The zero-order chi connectivity index (χ0) is 8.85. The minimum atomic E-state index is -0.600. The Balaban J connectivity index is 4.78. The van der Waals surface area contributed by atoms with E-state index in [0.717, 1.165) is 6.08 Å². The molecule has 0 saturated heterocycles. The van der Waals surface area contributed by atoms with Gasteiger partial charge in [-0.25, -0.2) is 5.84 Å². The molecule has 0 bridgehead atoms. The minimum absolute atomic E-state index is 0.00231. The molecule has 11 heavy (non-hydrogen) atoms. The summed E-state index contributed by atoms with van der Waals surface area (Å²) in [5.74, 6) is 3.97. The maximum Gasteiger partial charge on any atom is 0.268 e. The first-order valence-electron chi connectivity index (χ1n) is 2.86. The summed E-state index contributed by atoms with van der Waals surface area (Å²) in [6, 6.07) is 0. The number of aliphatic hydroxyl groups excluding tert-OH is 1. The van der Waals surface area contributed by atoms with E-state index >= 15 is 0 Å². The van der Waals surface area contributed by atoms with E-state index in [2.05, 4.69) is 13.2 Å². The Labute approximate surface area is 64.7 Å². The molecule has 4 heteroatoms. The van der Waals surface area contributed by atoms with Gasteiger partial charge in [0, 0.05) is 0 Å². The van der Waals surface area contributed by atoms with Crippen LogP contribution in [0.15, 0.2) is 36.6 Å². The highest BCUT2D eigenvalue weighted by Crippen LogP contribution is 2.02. The second-order valence-electron chi connectivity index (χ2n) is 1.68. The maximum absolute atomic E-state index is 10.8. The van der Waals surface area contributed by atoms with E-state index in [9.17, 15) is 4.79 Å². The quantitative estimate of drug-likeness (QED) is 0.135. The molecule has 0 atom stereocenters. The van der Waals surface area contributed by atoms with Crippen molar-refractivity contribution in [1.29, 1.82) is 0 Å². The number of rotatable bonds is 3. The number of nitrogens with two attached hydrogens (primary N) is 1. The van der Waals surface area contributed by atoms with Crippen molar-refractivity contribution < 1.29 is 9.90 Å². The zero-order valence-electron chi connectivity index (χ0n) is 6.00. The molecule has 0 aromatic rings. The van der Waals surface area contributed by atoms with Crippen LogP contribution in [-0.4, -0.2) is 11.0 Å². The Bertz CT molecular complexity index is 218. The lowest BCUT2D eigenvalue weighted by Crippen LogP contribution is -2.31. The molecule has 0 aromatic heterocycles. The van der Waals surface area contributed by atoms with Crippen LogP contribution in [0, 0.1) is 0 Å². The van der Waals surface area contributed by atoms with Crippen LogP contribution in [-0.2, 0) is 4.79 Å². The lowest BCUT2D eigenvalue weighted by atomic mass is 10.2. The minimum Gasteiger partial charge on any atom is -0.507 e. The van der Waals surface area contributed by atoms with Crippen LogP contribution in [0.5, 0.6) is 0 Å². The molecule has 0 saturated carbocycles. The zero-order valence-corrected chi connectivity index (χ0v) is 6.00. The number of hydrogen-bond acceptors (Lipinski definition) is 3. The molecule has 4 N–H and O–H groups in total. The molecule has 60 valence electrons. The molecule has 0 heterocycles. The maximum atomic E-state index is 10.8. The van der Waals surface area contributed by atoms with Gasteiger partial charge in [0.05, 0.1) is 5.57 Å². The van der Waals surface area contributed by atoms with Crippen LogP contribution in [0.2, 0.25) is 0 Å². The number of amides is 1. The van der Waals surface area contributed by atoms with E-state index in [1.165, 1.54) is 6.08 Å². The van der Waals surface area contributed by atoms with E-state index < -0.39 is 5.91 Å². The summed E-state index contributed by atoms with van der Waals surface area (Å²) in [5, 5.41) is 8.99. The fraction of sp³-hybridized carbons (Fsp3) is 0. The fourth-order valence-corrected chi connectivity index (χ4v) is 0.501. The Morgan fingerprint density at radius 2 is 2.00 bits per heavy atom. The van der Waals surface area contributed by atoms with Crippen LogP contribution in [0.25, 0.3) is 0 Å². The van der Waals surface area contributed by atoms with E-state index in [4.69, 9.17) is 10.9 Å². The van der Waals surface area contributed by atoms with E-state index in [1.807, 2.05) is 5.43 Å². The van der Waals surface area contributed by atoms with Crippen molar-refractivity contribution in [3.63, 3.8) is 0 Å². The number of hydrazine groups is 1. The molecule has 1 amide bonds. The number of aliphatic hydroxyl groups is 1. The summed E-state index contributed by atoms with van der Waals surface area (Å²) in [5.41, 5.74) is 1.86. The normalized spacial score (nSPS) is 11.4. The monoisotopic (exact) mass is 154 g/mol. The third kappa shape index (κ3) is 2.27. The lowest BCUT2D eigenvalue weighted by molar-refractivity contribution is -0.117. The highest BCUT2D eigenvalue weighted by molar-refractivity contribution is 5.96. The standard InChI is InChI=1S/C7H10N2O2/c1-3-5(6(10)4-2)7(11)9-8/h3-4,10H,1-2,8H2,(H,9,11)/b6-5-. The van der Waals surface area contributed by atoms with Gasteiger partial charge in [-0.3, -0.25) is 10.2 Å². The predicted molar refractivity (Wildman–Crippen MR) is 42.4 cm³/mol. The molecule has 0 rings (SSSR count). The number of hydrogen-bond donors (Lipinski definition) is 3. The molecular formula is C7H10N2O2. The highest BCUT2D eigenvalue weighted by Gasteiger charge is 2.06. The number of allylic oxidation sites excluding steroid dienone is 1. The summed E-state index contributed by atoms with van der Waals surface area (Å²) < 4.78 is 0. The van der Waals surface area contributed by atoms with E-state index in [1.54, 1.807) is 0 Å². The first kappa shape index (κ1) is 9.45. The van der Waals surface area contributed by atoms with Gasteiger partial charge in [0.25, 0.3) is 5.91 Å². The van der Waals surface area contributed by atoms with Crippen molar-refractivity contribution in [2.45, 2.75) is 0 Å². The first-order chi connectivity index (χ1) is 5.17. The summed E-state index contributed by atoms with van der Waals surface area (Å²) in [6.45, 7) is 6.59. The smallest absolute Gasteiger partial charge is 0.268 e. The molecule has 0 aliphatic carbocycles. The van der Waals surface area contributed by atoms with Gasteiger partial charge in [-0.1, -0.05) is 19.2 Å². The van der Waals surface area contributed by atoms with Crippen molar-refractivity contribution in [1.82, 2.24) is 5.43 Å². The lowest BCUT2D eigenvalue weighted by Gasteiger charge is -2.00. The summed E-state index contributed by atoms with van der Waals surface area (Å²) in [7, 11) is 0. The Morgan fingerprint density at radius 1 is 1.45 bits per heavy atom. The van der Waals surface area contributed by atoms with Gasteiger partial charge in [0.2, 0.25) is 0 Å². The predicted octanol–water partition coefficient (Wildman–Crippen LogP) is 0.160. The topological polar surface area (TPSA) is 75.3 Å². The molecule has 4 nitrogen and oxygen atoms in total. The molecule has 0 aliphatic rings. The number of carbonyl (C=O) groups excluding carboxylic acids is 1. The third-order valence-electron chi connectivity index (χ3n) is 1.05. The number of carbonyl (C=O) groups is 1. The van der Waals surface area contributed by atoms with Crippen LogP contribution in [0.3, 0.4) is 0 Å². The summed E-state index contributed by atoms with van der Waals surface area (Å²) in [6.07, 6.45) is 2.32.